The summed E-state index contributed by atoms with van der Waals surface area (Å²) in [6.07, 6.45) is -0.515. The van der Waals surface area contributed by atoms with Gasteiger partial charge in [0, 0.05) is 13.1 Å². The first kappa shape index (κ1) is 27.2. The van der Waals surface area contributed by atoms with E-state index in [0.717, 1.165) is 0 Å². The average molecular weight is 480 g/mol. The Labute approximate surface area is 198 Å². The Morgan fingerprint density at radius 3 is 1.91 bits per heavy atom. The molecule has 1 aromatic carbocycles. The van der Waals surface area contributed by atoms with Crippen molar-refractivity contribution in [1.82, 2.24) is 4.90 Å². The summed E-state index contributed by atoms with van der Waals surface area (Å²) in [5, 5.41) is 0.101. The molecule has 32 heavy (non-hydrogen) atoms. The van der Waals surface area contributed by atoms with Gasteiger partial charge in [0.25, 0.3) is 0 Å². The van der Waals surface area contributed by atoms with E-state index in [0.29, 0.717) is 13.1 Å². The summed E-state index contributed by atoms with van der Waals surface area (Å²) >= 11 is 0. The first-order valence-electron chi connectivity index (χ1n) is 11.7. The zero-order valence-corrected chi connectivity index (χ0v) is 24.1. The number of benzene rings is 1. The molecular formula is C25H45NO4Si2. The van der Waals surface area contributed by atoms with Crippen LogP contribution in [0.1, 0.15) is 47.1 Å². The van der Waals surface area contributed by atoms with Gasteiger partial charge in [-0.05, 0) is 41.8 Å². The van der Waals surface area contributed by atoms with Crippen LogP contribution in [0.25, 0.3) is 0 Å². The molecule has 0 bridgehead atoms. The number of rotatable bonds is 7. The van der Waals surface area contributed by atoms with Crippen molar-refractivity contribution in [3.63, 3.8) is 0 Å². The van der Waals surface area contributed by atoms with Crippen LogP contribution in [0, 0.1) is 0 Å². The Kier molecular flexibility index (Phi) is 8.26. The van der Waals surface area contributed by atoms with Crippen molar-refractivity contribution < 1.29 is 18.4 Å². The fraction of sp³-hybridized carbons (Fsp3) is 0.720. The largest absolute Gasteiger partial charge is 0.468 e. The third-order valence-corrected chi connectivity index (χ3v) is 16.6. The van der Waals surface area contributed by atoms with Gasteiger partial charge in [0.2, 0.25) is 0 Å². The fourth-order valence-corrected chi connectivity index (χ4v) is 6.20. The molecule has 0 saturated carbocycles. The van der Waals surface area contributed by atoms with Crippen LogP contribution in [0.4, 0.5) is 0 Å². The topological polar surface area (TPSA) is 48.0 Å². The van der Waals surface area contributed by atoms with E-state index >= 15 is 0 Å². The van der Waals surface area contributed by atoms with Crippen molar-refractivity contribution in [2.45, 2.75) is 103 Å². The van der Waals surface area contributed by atoms with E-state index in [1.165, 1.54) is 12.7 Å². The van der Waals surface area contributed by atoms with E-state index < -0.39 is 22.7 Å². The minimum Gasteiger partial charge on any atom is -0.468 e. The maximum atomic E-state index is 13.1. The molecule has 0 aromatic heterocycles. The molecule has 5 nitrogen and oxygen atoms in total. The number of methoxy groups -OCH3 is 1. The number of likely N-dealkylation sites (tertiary alicyclic amines) is 1. The minimum atomic E-state index is -2.15. The monoisotopic (exact) mass is 479 g/mol. The Bertz CT molecular complexity index is 768. The summed E-state index contributed by atoms with van der Waals surface area (Å²) in [4.78, 5) is 15.3. The number of hydrogen-bond donors (Lipinski definition) is 0. The molecule has 1 aliphatic heterocycles. The molecule has 3 atom stereocenters. The lowest BCUT2D eigenvalue weighted by Gasteiger charge is -2.43. The highest BCUT2D eigenvalue weighted by molar-refractivity contribution is 6.74. The molecule has 0 spiro atoms. The second-order valence-electron chi connectivity index (χ2n) is 12.1. The van der Waals surface area contributed by atoms with Crippen LogP contribution in [0.3, 0.4) is 0 Å². The van der Waals surface area contributed by atoms with Crippen LogP contribution in [-0.4, -0.2) is 59.4 Å². The molecule has 182 valence electrons. The fourth-order valence-electron chi connectivity index (χ4n) is 3.56. The molecule has 2 rings (SSSR count). The van der Waals surface area contributed by atoms with E-state index in [2.05, 4.69) is 84.8 Å². The first-order chi connectivity index (χ1) is 14.5. The van der Waals surface area contributed by atoms with Crippen molar-refractivity contribution in [3.05, 3.63) is 35.9 Å². The van der Waals surface area contributed by atoms with Crippen molar-refractivity contribution in [1.29, 1.82) is 0 Å². The normalized spacial score (nSPS) is 23.4. The van der Waals surface area contributed by atoms with Crippen molar-refractivity contribution >= 4 is 22.6 Å². The van der Waals surface area contributed by atoms with E-state index in [1.54, 1.807) is 0 Å². The maximum absolute atomic E-state index is 13.1. The van der Waals surface area contributed by atoms with Gasteiger partial charge < -0.3 is 13.6 Å². The van der Waals surface area contributed by atoms with Crippen molar-refractivity contribution in [2.24, 2.45) is 0 Å². The highest BCUT2D eigenvalue weighted by Crippen LogP contribution is 2.43. The van der Waals surface area contributed by atoms with Crippen LogP contribution < -0.4 is 0 Å². The van der Waals surface area contributed by atoms with Gasteiger partial charge in [-0.3, -0.25) is 9.69 Å². The van der Waals surface area contributed by atoms with Gasteiger partial charge in [-0.1, -0.05) is 71.9 Å². The number of esters is 1. The lowest BCUT2D eigenvalue weighted by Crippen LogP contribution is -2.54. The third kappa shape index (κ3) is 6.11. The predicted molar refractivity (Wildman–Crippen MR) is 137 cm³/mol. The number of carbonyl (C=O) groups is 1. The van der Waals surface area contributed by atoms with Gasteiger partial charge in [0.05, 0.1) is 19.3 Å². The molecular weight excluding hydrogens is 434 g/mol. The van der Waals surface area contributed by atoms with Gasteiger partial charge in [0.1, 0.15) is 6.04 Å². The van der Waals surface area contributed by atoms with Gasteiger partial charge in [-0.25, -0.2) is 0 Å². The molecule has 0 radical (unpaired) electrons. The van der Waals surface area contributed by atoms with Crippen molar-refractivity contribution in [3.8, 4) is 0 Å². The second-order valence-corrected chi connectivity index (χ2v) is 21.7. The van der Waals surface area contributed by atoms with Crippen LogP contribution in [0.2, 0.25) is 36.3 Å². The van der Waals surface area contributed by atoms with Gasteiger partial charge in [-0.15, -0.1) is 0 Å². The first-order valence-corrected chi connectivity index (χ1v) is 17.5. The SMILES string of the molecule is COC(=O)[C@H]1[C@H](O[Si](C)(C)C(C)(C)C)[C@@H](O[Si](C)(C)C(C)(C)C)CN1Cc1ccccc1. The lowest BCUT2D eigenvalue weighted by atomic mass is 10.1. The van der Waals surface area contributed by atoms with Gasteiger partial charge in [-0.2, -0.15) is 0 Å². The summed E-state index contributed by atoms with van der Waals surface area (Å²) in [5.41, 5.74) is 1.17. The molecule has 0 unspecified atom stereocenters. The van der Waals surface area contributed by atoms with E-state index in [9.17, 15) is 4.79 Å². The minimum absolute atomic E-state index is 0.0298. The summed E-state index contributed by atoms with van der Waals surface area (Å²) in [6.45, 7) is 23.8. The lowest BCUT2D eigenvalue weighted by molar-refractivity contribution is -0.149. The van der Waals surface area contributed by atoms with Gasteiger partial charge in [0.15, 0.2) is 16.6 Å². The predicted octanol–water partition coefficient (Wildman–Crippen LogP) is 5.82. The summed E-state index contributed by atoms with van der Waals surface area (Å²) in [5.74, 6) is -0.244. The zero-order chi connectivity index (χ0) is 24.5. The Morgan fingerprint density at radius 2 is 1.44 bits per heavy atom. The number of nitrogens with zero attached hydrogens (tertiary/aromatic N) is 1. The Hall–Kier alpha value is -0.996. The molecule has 0 amide bonds. The summed E-state index contributed by atoms with van der Waals surface area (Å²) < 4.78 is 19.1. The van der Waals surface area contributed by atoms with Crippen LogP contribution >= 0.6 is 0 Å². The van der Waals surface area contributed by atoms with Crippen LogP contribution in [-0.2, 0) is 24.9 Å². The number of hydrogen-bond acceptors (Lipinski definition) is 5. The summed E-state index contributed by atoms with van der Waals surface area (Å²) in [7, 11) is -2.76. The third-order valence-electron chi connectivity index (χ3n) is 7.65. The molecule has 1 aromatic rings. The highest BCUT2D eigenvalue weighted by atomic mass is 28.4. The van der Waals surface area contributed by atoms with E-state index in [4.69, 9.17) is 13.6 Å². The summed E-state index contributed by atoms with van der Waals surface area (Å²) in [6, 6.07) is 9.79. The highest BCUT2D eigenvalue weighted by Gasteiger charge is 2.54. The maximum Gasteiger partial charge on any atom is 0.325 e. The van der Waals surface area contributed by atoms with Crippen molar-refractivity contribution in [2.75, 3.05) is 13.7 Å². The van der Waals surface area contributed by atoms with Crippen LogP contribution in [0.5, 0.6) is 0 Å². The van der Waals surface area contributed by atoms with E-state index in [1.807, 2.05) is 18.2 Å². The van der Waals surface area contributed by atoms with E-state index in [-0.39, 0.29) is 28.3 Å². The second kappa shape index (κ2) is 9.70. The molecule has 0 aliphatic carbocycles. The Morgan fingerprint density at radius 1 is 0.938 bits per heavy atom. The molecule has 1 saturated heterocycles. The smallest absolute Gasteiger partial charge is 0.325 e. The average Bonchev–Trinajstić information content (AvgIpc) is 2.95. The quantitative estimate of drug-likeness (QED) is 0.364. The Balaban J connectivity index is 2.47. The van der Waals surface area contributed by atoms with Crippen LogP contribution in [0.15, 0.2) is 30.3 Å². The molecule has 1 fully saturated rings. The molecule has 1 aliphatic rings. The molecule has 1 heterocycles. The number of ether oxygens (including phenoxy) is 1. The van der Waals surface area contributed by atoms with Gasteiger partial charge >= 0.3 is 5.97 Å². The standard InChI is InChI=1S/C25H45NO4Si2/c1-24(2,3)31(8,9)29-20-18-26(17-19-15-13-12-14-16-19)21(23(27)28-7)22(20)30-32(10,11)25(4,5)6/h12-16,20-22H,17-18H2,1-11H3/t20-,21+,22+/m0/s1. The molecule has 7 heteroatoms. The zero-order valence-electron chi connectivity index (χ0n) is 22.1. The molecule has 0 N–H and O–H groups in total. The number of carbonyl (C=O) groups excluding carboxylic acids is 1.